The van der Waals surface area contributed by atoms with Gasteiger partial charge in [0.15, 0.2) is 0 Å². The molecule has 0 bridgehead atoms. The molecule has 2 amide bonds. The predicted molar refractivity (Wildman–Crippen MR) is 107 cm³/mol. The average Bonchev–Trinajstić information content (AvgIpc) is 2.87. The number of nitrogens with one attached hydrogen (secondary N) is 2. The number of nitrogens with zero attached hydrogens (tertiary/aromatic N) is 2. The number of aryl methyl sites for hydroxylation is 1. The molecule has 0 saturated heterocycles. The van der Waals surface area contributed by atoms with Crippen molar-refractivity contribution in [3.05, 3.63) is 35.5 Å². The molecule has 154 valence electrons. The largest absolute Gasteiger partial charge is 0.395 e. The molecule has 9 nitrogen and oxygen atoms in total. The fourth-order valence-electron chi connectivity index (χ4n) is 2.88. The first kappa shape index (κ1) is 21.9. The molecular weight excluding hydrogens is 384 g/mol. The molecule has 0 spiro atoms. The average molecular weight is 410 g/mol. The second-order valence-electron chi connectivity index (χ2n) is 6.45. The molecule has 1 heterocycles. The van der Waals surface area contributed by atoms with Gasteiger partial charge >= 0.3 is 0 Å². The van der Waals surface area contributed by atoms with Crippen LogP contribution in [0.3, 0.4) is 0 Å². The van der Waals surface area contributed by atoms with Crippen molar-refractivity contribution in [1.29, 1.82) is 0 Å². The molecule has 2 rings (SSSR count). The van der Waals surface area contributed by atoms with Crippen molar-refractivity contribution in [2.75, 3.05) is 49.3 Å². The lowest BCUT2D eigenvalue weighted by Crippen LogP contribution is -2.34. The van der Waals surface area contributed by atoms with Gasteiger partial charge in [0.2, 0.25) is 10.0 Å². The summed E-state index contributed by atoms with van der Waals surface area (Å²) in [6, 6.07) is 5.61. The van der Waals surface area contributed by atoms with Gasteiger partial charge in [0.25, 0.3) is 11.8 Å². The lowest BCUT2D eigenvalue weighted by molar-refractivity contribution is -0.137. The lowest BCUT2D eigenvalue weighted by Gasteiger charge is -2.24. The number of aliphatic hydroxyl groups is 1. The molecule has 0 radical (unpaired) electrons. The maximum absolute atomic E-state index is 12.2. The second kappa shape index (κ2) is 9.18. The van der Waals surface area contributed by atoms with Crippen LogP contribution in [0.2, 0.25) is 0 Å². The number of hydrogen-bond acceptors (Lipinski definition) is 7. The smallest absolute Gasteiger partial charge is 0.277 e. The van der Waals surface area contributed by atoms with E-state index < -0.39 is 21.8 Å². The first-order valence-electron chi connectivity index (χ1n) is 8.92. The Hall–Kier alpha value is -2.43. The van der Waals surface area contributed by atoms with Gasteiger partial charge in [0.1, 0.15) is 5.70 Å². The van der Waals surface area contributed by atoms with E-state index in [1.54, 1.807) is 0 Å². The quantitative estimate of drug-likeness (QED) is 0.466. The van der Waals surface area contributed by atoms with Crippen LogP contribution >= 0.6 is 0 Å². The first-order valence-corrected chi connectivity index (χ1v) is 10.8. The summed E-state index contributed by atoms with van der Waals surface area (Å²) in [6.07, 6.45) is 2.35. The van der Waals surface area contributed by atoms with E-state index in [1.165, 1.54) is 6.08 Å². The molecule has 3 N–H and O–H groups in total. The van der Waals surface area contributed by atoms with Crippen molar-refractivity contribution in [3.8, 4) is 0 Å². The summed E-state index contributed by atoms with van der Waals surface area (Å²) in [5, 5.41) is 11.9. The highest BCUT2D eigenvalue weighted by atomic mass is 32.2. The van der Waals surface area contributed by atoms with Gasteiger partial charge in [-0.3, -0.25) is 14.5 Å². The fourth-order valence-corrected chi connectivity index (χ4v) is 3.34. The first-order chi connectivity index (χ1) is 13.2. The van der Waals surface area contributed by atoms with Gasteiger partial charge in [-0.25, -0.2) is 13.1 Å². The van der Waals surface area contributed by atoms with Crippen LogP contribution in [-0.2, 0) is 19.6 Å². The third-order valence-electron chi connectivity index (χ3n) is 4.31. The van der Waals surface area contributed by atoms with Crippen molar-refractivity contribution < 1.29 is 23.1 Å². The number of hydrogen-bond donors (Lipinski definition) is 3. The molecule has 1 aromatic carbocycles. The minimum Gasteiger partial charge on any atom is -0.395 e. The number of sulfonamides is 1. The molecule has 1 aliphatic rings. The van der Waals surface area contributed by atoms with E-state index >= 15 is 0 Å². The molecule has 0 aliphatic carbocycles. The van der Waals surface area contributed by atoms with Gasteiger partial charge in [-0.05, 0) is 37.6 Å². The topological polar surface area (TPSA) is 119 Å². The molecule has 0 aromatic heterocycles. The van der Waals surface area contributed by atoms with Crippen molar-refractivity contribution in [3.63, 3.8) is 0 Å². The van der Waals surface area contributed by atoms with Gasteiger partial charge in [-0.2, -0.15) is 0 Å². The lowest BCUT2D eigenvalue weighted by atomic mass is 10.1. The van der Waals surface area contributed by atoms with Crippen LogP contribution in [0, 0.1) is 6.92 Å². The Morgan fingerprint density at radius 1 is 1.25 bits per heavy atom. The molecule has 1 aliphatic heterocycles. The summed E-state index contributed by atoms with van der Waals surface area (Å²) in [4.78, 5) is 27.1. The summed E-state index contributed by atoms with van der Waals surface area (Å²) < 4.78 is 24.9. The molecule has 10 heteroatoms. The Morgan fingerprint density at radius 3 is 2.54 bits per heavy atom. The second-order valence-corrected chi connectivity index (χ2v) is 8.28. The molecule has 0 fully saturated rings. The molecule has 1 aromatic rings. The standard InChI is InChI=1S/C18H26N4O5S/c1-4-21(8-7-19-28(3,26)27)14-5-6-15(13(2)11-14)20-16-12-17(24)22(9-10-23)18(16)25/h5-6,11-12,19-20,23H,4,7-10H2,1-3H3. The summed E-state index contributed by atoms with van der Waals surface area (Å²) in [7, 11) is -3.23. The molecule has 28 heavy (non-hydrogen) atoms. The van der Waals surface area contributed by atoms with Crippen LogP contribution in [0.5, 0.6) is 0 Å². The Kier molecular flexibility index (Phi) is 7.17. The van der Waals surface area contributed by atoms with E-state index in [4.69, 9.17) is 5.11 Å². The van der Waals surface area contributed by atoms with Crippen molar-refractivity contribution in [2.45, 2.75) is 13.8 Å². The maximum atomic E-state index is 12.2. The Morgan fingerprint density at radius 2 is 1.96 bits per heavy atom. The highest BCUT2D eigenvalue weighted by Gasteiger charge is 2.30. The molecular formula is C18H26N4O5S. The van der Waals surface area contributed by atoms with E-state index in [-0.39, 0.29) is 18.8 Å². The van der Waals surface area contributed by atoms with Crippen LogP contribution in [0.1, 0.15) is 12.5 Å². The number of carbonyl (C=O) groups excluding carboxylic acids is 2. The highest BCUT2D eigenvalue weighted by Crippen LogP contribution is 2.25. The van der Waals surface area contributed by atoms with Gasteiger partial charge in [-0.1, -0.05) is 0 Å². The zero-order valence-corrected chi connectivity index (χ0v) is 17.0. The number of benzene rings is 1. The Bertz CT molecular complexity index is 882. The van der Waals surface area contributed by atoms with Crippen LogP contribution in [0.25, 0.3) is 0 Å². The normalized spacial score (nSPS) is 14.4. The predicted octanol–water partition coefficient (Wildman–Crippen LogP) is 0.0274. The summed E-state index contributed by atoms with van der Waals surface area (Å²) in [5.41, 5.74) is 2.64. The highest BCUT2D eigenvalue weighted by molar-refractivity contribution is 7.88. The fraction of sp³-hybridized carbons (Fsp3) is 0.444. The van der Waals surface area contributed by atoms with Gasteiger partial charge < -0.3 is 15.3 Å². The van der Waals surface area contributed by atoms with E-state index in [0.717, 1.165) is 22.4 Å². The number of likely N-dealkylation sites (N-methyl/N-ethyl adjacent to an activating group) is 1. The number of aliphatic hydroxyl groups excluding tert-OH is 1. The number of imide groups is 1. The van der Waals surface area contributed by atoms with Crippen LogP contribution in [-0.4, -0.2) is 69.3 Å². The van der Waals surface area contributed by atoms with Crippen LogP contribution in [0.15, 0.2) is 30.0 Å². The maximum Gasteiger partial charge on any atom is 0.277 e. The van der Waals surface area contributed by atoms with E-state index in [0.29, 0.717) is 25.3 Å². The Labute approximate surface area is 165 Å². The number of β-amino-alcohol motifs (C(OH)–C–C–N with tert-alkyl or cyclic N) is 1. The molecule has 0 unspecified atom stereocenters. The minimum absolute atomic E-state index is 0.0375. The number of amides is 2. The summed E-state index contributed by atoms with van der Waals surface area (Å²) >= 11 is 0. The summed E-state index contributed by atoms with van der Waals surface area (Å²) in [6.45, 7) is 5.05. The number of anilines is 2. The third-order valence-corrected chi connectivity index (χ3v) is 5.03. The number of carbonyl (C=O) groups is 2. The third kappa shape index (κ3) is 5.54. The molecule has 0 saturated carbocycles. The monoisotopic (exact) mass is 410 g/mol. The summed E-state index contributed by atoms with van der Waals surface area (Å²) in [5.74, 6) is -0.920. The van der Waals surface area contributed by atoms with Crippen LogP contribution in [0.4, 0.5) is 11.4 Å². The van der Waals surface area contributed by atoms with Crippen LogP contribution < -0.4 is 14.9 Å². The van der Waals surface area contributed by atoms with E-state index in [2.05, 4.69) is 10.0 Å². The van der Waals surface area contributed by atoms with E-state index in [1.807, 2.05) is 36.9 Å². The van der Waals surface area contributed by atoms with Crippen molar-refractivity contribution in [1.82, 2.24) is 9.62 Å². The van der Waals surface area contributed by atoms with Crippen molar-refractivity contribution in [2.24, 2.45) is 0 Å². The zero-order chi connectivity index (χ0) is 20.9. The van der Waals surface area contributed by atoms with E-state index in [9.17, 15) is 18.0 Å². The van der Waals surface area contributed by atoms with Gasteiger partial charge in [-0.15, -0.1) is 0 Å². The van der Waals surface area contributed by atoms with Gasteiger partial charge in [0, 0.05) is 37.1 Å². The van der Waals surface area contributed by atoms with Crippen molar-refractivity contribution >= 4 is 33.2 Å². The Balaban J connectivity index is 2.08. The minimum atomic E-state index is -3.23. The SMILES string of the molecule is CCN(CCNS(C)(=O)=O)c1ccc(NC2=CC(=O)N(CCO)C2=O)c(C)c1. The molecule has 0 atom stereocenters. The van der Waals surface area contributed by atoms with Gasteiger partial charge in [0.05, 0.1) is 19.4 Å². The number of rotatable bonds is 10. The zero-order valence-electron chi connectivity index (χ0n) is 16.2.